The summed E-state index contributed by atoms with van der Waals surface area (Å²) >= 11 is 0. The van der Waals surface area contributed by atoms with Crippen LogP contribution in [0.5, 0.6) is 0 Å². The van der Waals surface area contributed by atoms with Crippen LogP contribution in [0.2, 0.25) is 0 Å². The van der Waals surface area contributed by atoms with Crippen LogP contribution in [0.3, 0.4) is 0 Å². The van der Waals surface area contributed by atoms with Gasteiger partial charge in [0.05, 0.1) is 11.6 Å². The summed E-state index contributed by atoms with van der Waals surface area (Å²) in [5.41, 5.74) is 1.24. The Balaban J connectivity index is 1.22. The lowest BCUT2D eigenvalue weighted by atomic mass is 10.0. The summed E-state index contributed by atoms with van der Waals surface area (Å²) in [6.45, 7) is 7.36. The Morgan fingerprint density at radius 1 is 0.925 bits per heavy atom. The number of benzene rings is 1. The van der Waals surface area contributed by atoms with Crippen molar-refractivity contribution in [1.82, 2.24) is 24.7 Å². The molecule has 1 atom stereocenters. The standard InChI is InChI=1S/C30H38N6O4/c1-30(2,3)40-29(39)34-15-12-24(13-16-34)36(23-10-11-23)28(38)22-18-32-26(33-19-22)20-6-8-21(9-7-20)27(37)35-14-4-5-25(35)17-31/h6-9,17-19,23-25,31H,4-5,10-16H2,1-3H3/t25-/m1/s1. The van der Waals surface area contributed by atoms with Crippen LogP contribution in [0.4, 0.5) is 4.79 Å². The van der Waals surface area contributed by atoms with Crippen molar-refractivity contribution in [2.75, 3.05) is 19.6 Å². The van der Waals surface area contributed by atoms with Gasteiger partial charge < -0.3 is 24.8 Å². The molecule has 5 rings (SSSR count). The van der Waals surface area contributed by atoms with Gasteiger partial charge in [0.15, 0.2) is 5.82 Å². The highest BCUT2D eigenvalue weighted by molar-refractivity contribution is 5.96. The van der Waals surface area contributed by atoms with Gasteiger partial charge >= 0.3 is 6.09 Å². The van der Waals surface area contributed by atoms with Crippen LogP contribution in [0.25, 0.3) is 11.4 Å². The minimum Gasteiger partial charge on any atom is -0.444 e. The molecule has 0 unspecified atom stereocenters. The van der Waals surface area contributed by atoms with Gasteiger partial charge in [-0.3, -0.25) is 9.59 Å². The summed E-state index contributed by atoms with van der Waals surface area (Å²) in [6.07, 6.45) is 9.33. The molecular formula is C30H38N6O4. The fourth-order valence-electron chi connectivity index (χ4n) is 5.52. The van der Waals surface area contributed by atoms with Crippen molar-refractivity contribution in [2.24, 2.45) is 0 Å². The second-order valence-electron chi connectivity index (χ2n) is 11.9. The fourth-order valence-corrected chi connectivity index (χ4v) is 5.52. The normalized spacial score (nSPS) is 19.8. The number of amides is 3. The van der Waals surface area contributed by atoms with Crippen LogP contribution in [0, 0.1) is 5.41 Å². The predicted octanol–water partition coefficient (Wildman–Crippen LogP) is 4.40. The molecule has 1 aromatic carbocycles. The summed E-state index contributed by atoms with van der Waals surface area (Å²) in [5.74, 6) is 0.339. The molecule has 1 aliphatic carbocycles. The number of piperidine rings is 1. The Hall–Kier alpha value is -3.82. The molecule has 3 heterocycles. The first-order valence-electron chi connectivity index (χ1n) is 14.2. The zero-order valence-electron chi connectivity index (χ0n) is 23.5. The highest BCUT2D eigenvalue weighted by atomic mass is 16.6. The number of likely N-dealkylation sites (tertiary alicyclic amines) is 2. The SMILES string of the molecule is CC(C)(C)OC(=O)N1CCC(N(C(=O)c2cnc(-c3ccc(C(=O)N4CCC[C@@H]4C=N)cc3)nc2)C2CC2)CC1. The van der Waals surface area contributed by atoms with E-state index in [0.717, 1.165) is 31.2 Å². The summed E-state index contributed by atoms with van der Waals surface area (Å²) < 4.78 is 5.51. The highest BCUT2D eigenvalue weighted by Crippen LogP contribution is 2.33. The molecule has 212 valence electrons. The average molecular weight is 547 g/mol. The Bertz CT molecular complexity index is 1240. The van der Waals surface area contributed by atoms with Gasteiger partial charge in [-0.1, -0.05) is 12.1 Å². The summed E-state index contributed by atoms with van der Waals surface area (Å²) in [6, 6.07) is 7.30. The molecule has 10 heteroatoms. The molecule has 1 N–H and O–H groups in total. The number of rotatable bonds is 6. The van der Waals surface area contributed by atoms with Gasteiger partial charge in [-0.25, -0.2) is 14.8 Å². The first-order valence-corrected chi connectivity index (χ1v) is 14.2. The van der Waals surface area contributed by atoms with Crippen LogP contribution in [-0.2, 0) is 4.74 Å². The molecule has 3 aliphatic rings. The topological polar surface area (TPSA) is 120 Å². The smallest absolute Gasteiger partial charge is 0.410 e. The Morgan fingerprint density at radius 2 is 1.55 bits per heavy atom. The lowest BCUT2D eigenvalue weighted by Gasteiger charge is -2.39. The molecule has 3 fully saturated rings. The molecule has 1 saturated carbocycles. The number of ether oxygens (including phenoxy) is 1. The van der Waals surface area contributed by atoms with E-state index in [1.54, 1.807) is 34.3 Å². The van der Waals surface area contributed by atoms with E-state index >= 15 is 0 Å². The second kappa shape index (κ2) is 11.3. The Kier molecular flexibility index (Phi) is 7.87. The van der Waals surface area contributed by atoms with E-state index in [9.17, 15) is 14.4 Å². The van der Waals surface area contributed by atoms with Crippen LogP contribution in [0.1, 0.15) is 80.0 Å². The zero-order valence-corrected chi connectivity index (χ0v) is 23.5. The van der Waals surface area contributed by atoms with Crippen molar-refractivity contribution in [3.05, 3.63) is 47.8 Å². The Labute approximate surface area is 235 Å². The van der Waals surface area contributed by atoms with Crippen molar-refractivity contribution in [1.29, 1.82) is 5.41 Å². The number of hydrogen-bond acceptors (Lipinski definition) is 7. The molecular weight excluding hydrogens is 508 g/mol. The summed E-state index contributed by atoms with van der Waals surface area (Å²) in [4.78, 5) is 53.3. The van der Waals surface area contributed by atoms with E-state index in [4.69, 9.17) is 10.1 Å². The minimum atomic E-state index is -0.534. The third-order valence-corrected chi connectivity index (χ3v) is 7.73. The highest BCUT2D eigenvalue weighted by Gasteiger charge is 2.40. The predicted molar refractivity (Wildman–Crippen MR) is 150 cm³/mol. The van der Waals surface area contributed by atoms with Crippen LogP contribution in [-0.4, -0.2) is 92.2 Å². The number of nitrogens with one attached hydrogen (secondary N) is 1. The molecule has 10 nitrogen and oxygen atoms in total. The van der Waals surface area contributed by atoms with Crippen molar-refractivity contribution in [2.45, 2.75) is 83.0 Å². The summed E-state index contributed by atoms with van der Waals surface area (Å²) in [5, 5.41) is 7.56. The van der Waals surface area contributed by atoms with Crippen LogP contribution in [0.15, 0.2) is 36.7 Å². The van der Waals surface area contributed by atoms with Gasteiger partial charge in [0.2, 0.25) is 0 Å². The van der Waals surface area contributed by atoms with Gasteiger partial charge in [-0.15, -0.1) is 0 Å². The number of carbonyl (C=O) groups is 3. The van der Waals surface area contributed by atoms with E-state index in [1.807, 2.05) is 37.8 Å². The van der Waals surface area contributed by atoms with E-state index < -0.39 is 5.60 Å². The quantitative estimate of drug-likeness (QED) is 0.536. The minimum absolute atomic E-state index is 0.0614. The number of carbonyl (C=O) groups excluding carboxylic acids is 3. The van der Waals surface area contributed by atoms with E-state index in [2.05, 4.69) is 9.97 Å². The maximum absolute atomic E-state index is 13.6. The fraction of sp³-hybridized carbons (Fsp3) is 0.533. The van der Waals surface area contributed by atoms with Gasteiger partial charge in [0.1, 0.15) is 5.60 Å². The third kappa shape index (κ3) is 6.16. The largest absolute Gasteiger partial charge is 0.444 e. The molecule has 0 radical (unpaired) electrons. The van der Waals surface area contributed by atoms with Crippen LogP contribution >= 0.6 is 0 Å². The van der Waals surface area contributed by atoms with E-state index in [-0.39, 0.29) is 36.0 Å². The summed E-state index contributed by atoms with van der Waals surface area (Å²) in [7, 11) is 0. The molecule has 1 aromatic heterocycles. The third-order valence-electron chi connectivity index (χ3n) is 7.73. The van der Waals surface area contributed by atoms with Crippen molar-refractivity contribution in [3.63, 3.8) is 0 Å². The molecule has 2 aromatic rings. The zero-order chi connectivity index (χ0) is 28.4. The second-order valence-corrected chi connectivity index (χ2v) is 11.9. The molecule has 0 bridgehead atoms. The van der Waals surface area contributed by atoms with Crippen molar-refractivity contribution >= 4 is 24.1 Å². The molecule has 2 aliphatic heterocycles. The molecule has 2 saturated heterocycles. The van der Waals surface area contributed by atoms with Gasteiger partial charge in [0, 0.05) is 61.5 Å². The average Bonchev–Trinajstić information content (AvgIpc) is 3.66. The van der Waals surface area contributed by atoms with Crippen LogP contribution < -0.4 is 0 Å². The van der Waals surface area contributed by atoms with Gasteiger partial charge in [-0.05, 0) is 71.4 Å². The molecule has 3 amide bonds. The monoisotopic (exact) mass is 546 g/mol. The van der Waals surface area contributed by atoms with Crippen molar-refractivity contribution < 1.29 is 19.1 Å². The molecule has 40 heavy (non-hydrogen) atoms. The lowest BCUT2D eigenvalue weighted by Crippen LogP contribution is -2.50. The first kappa shape index (κ1) is 27.7. The maximum atomic E-state index is 13.6. The van der Waals surface area contributed by atoms with Gasteiger partial charge in [0.25, 0.3) is 11.8 Å². The van der Waals surface area contributed by atoms with E-state index in [1.165, 1.54) is 6.21 Å². The van der Waals surface area contributed by atoms with Crippen molar-refractivity contribution in [3.8, 4) is 11.4 Å². The molecule has 0 spiro atoms. The van der Waals surface area contributed by atoms with E-state index in [0.29, 0.717) is 49.4 Å². The number of hydrogen-bond donors (Lipinski definition) is 1. The van der Waals surface area contributed by atoms with Gasteiger partial charge in [-0.2, -0.15) is 0 Å². The Morgan fingerprint density at radius 3 is 2.12 bits per heavy atom. The lowest BCUT2D eigenvalue weighted by molar-refractivity contribution is 0.0142. The number of nitrogens with zero attached hydrogens (tertiary/aromatic N) is 5. The maximum Gasteiger partial charge on any atom is 0.410 e. The number of aromatic nitrogens is 2. The first-order chi connectivity index (χ1) is 19.1.